The second-order valence-corrected chi connectivity index (χ2v) is 8.87. The summed E-state index contributed by atoms with van der Waals surface area (Å²) in [7, 11) is 0. The third kappa shape index (κ3) is 3.86. The Balaban J connectivity index is 1.36. The molecule has 6 nitrogen and oxygen atoms in total. The number of hydrogen-bond acceptors (Lipinski definition) is 6. The van der Waals surface area contributed by atoms with E-state index in [1.807, 2.05) is 66.7 Å². The Morgan fingerprint density at radius 1 is 0.912 bits per heavy atom. The normalized spacial score (nSPS) is 12.1. The van der Waals surface area contributed by atoms with Gasteiger partial charge in [0, 0.05) is 30.1 Å². The molecule has 0 N–H and O–H groups in total. The van der Waals surface area contributed by atoms with Gasteiger partial charge in [-0.1, -0.05) is 59.9 Å². The Hall–Kier alpha value is -4.23. The number of rotatable bonds is 5. The predicted molar refractivity (Wildman–Crippen MR) is 132 cm³/mol. The number of carbonyl (C=O) groups is 1. The highest BCUT2D eigenvalue weighted by molar-refractivity contribution is 7.22. The van der Waals surface area contributed by atoms with Gasteiger partial charge in [-0.2, -0.15) is 0 Å². The molecule has 2 aromatic heterocycles. The van der Waals surface area contributed by atoms with Gasteiger partial charge in [-0.05, 0) is 34.9 Å². The molecule has 0 aliphatic carbocycles. The Labute approximate surface area is 200 Å². The first-order chi connectivity index (χ1) is 16.7. The average molecular weight is 466 g/mol. The lowest BCUT2D eigenvalue weighted by Crippen LogP contribution is -2.30. The van der Waals surface area contributed by atoms with Crippen molar-refractivity contribution in [2.45, 2.75) is 6.54 Å². The van der Waals surface area contributed by atoms with Crippen molar-refractivity contribution in [1.82, 2.24) is 9.97 Å². The summed E-state index contributed by atoms with van der Waals surface area (Å²) in [6.07, 6.45) is 3.49. The number of fused-ring (bicyclic) bond motifs is 2. The topological polar surface area (TPSA) is 64.6 Å². The number of ether oxygens (including phenoxy) is 2. The van der Waals surface area contributed by atoms with E-state index in [0.29, 0.717) is 28.7 Å². The van der Waals surface area contributed by atoms with Gasteiger partial charge in [0.05, 0.1) is 16.8 Å². The van der Waals surface area contributed by atoms with Crippen molar-refractivity contribution in [1.29, 1.82) is 0 Å². The van der Waals surface area contributed by atoms with Crippen LogP contribution >= 0.6 is 11.3 Å². The van der Waals surface area contributed by atoms with Crippen LogP contribution in [0.4, 0.5) is 5.13 Å². The van der Waals surface area contributed by atoms with Gasteiger partial charge in [0.25, 0.3) is 5.91 Å². The van der Waals surface area contributed by atoms with Crippen LogP contribution in [0.15, 0.2) is 91.3 Å². The lowest BCUT2D eigenvalue weighted by molar-refractivity contribution is 0.0985. The molecular weight excluding hydrogens is 446 g/mol. The average Bonchev–Trinajstić information content (AvgIpc) is 3.52. The summed E-state index contributed by atoms with van der Waals surface area (Å²) in [5.41, 5.74) is 4.46. The highest BCUT2D eigenvalue weighted by atomic mass is 32.1. The molecule has 3 aromatic carbocycles. The number of thiazole rings is 1. The van der Waals surface area contributed by atoms with Crippen molar-refractivity contribution in [3.05, 3.63) is 102 Å². The van der Waals surface area contributed by atoms with E-state index >= 15 is 0 Å². The van der Waals surface area contributed by atoms with Gasteiger partial charge in [-0.3, -0.25) is 14.7 Å². The van der Waals surface area contributed by atoms with Crippen LogP contribution in [-0.2, 0) is 6.54 Å². The lowest BCUT2D eigenvalue weighted by Gasteiger charge is -2.20. The standard InChI is InChI=1S/C27H19N3O3S/c31-26(21-10-8-20(9-11-21)19-6-2-1-3-7-19)30(16-18-5-4-12-28-15-18)27-29-22-13-23-24(33-17-32-23)14-25(22)34-27/h1-15H,16-17H2. The fourth-order valence-electron chi connectivity index (χ4n) is 3.91. The van der Waals surface area contributed by atoms with Crippen LogP contribution in [0.1, 0.15) is 15.9 Å². The van der Waals surface area contributed by atoms with Crippen LogP contribution in [0.3, 0.4) is 0 Å². The number of benzene rings is 3. The highest BCUT2D eigenvalue weighted by Gasteiger charge is 2.24. The van der Waals surface area contributed by atoms with E-state index in [1.54, 1.807) is 17.3 Å². The molecule has 0 bridgehead atoms. The number of hydrogen-bond donors (Lipinski definition) is 0. The zero-order chi connectivity index (χ0) is 22.9. The zero-order valence-corrected chi connectivity index (χ0v) is 18.9. The Kier molecular flexibility index (Phi) is 5.16. The monoisotopic (exact) mass is 465 g/mol. The summed E-state index contributed by atoms with van der Waals surface area (Å²) in [5.74, 6) is 1.25. The molecule has 34 heavy (non-hydrogen) atoms. The summed E-state index contributed by atoms with van der Waals surface area (Å²) >= 11 is 1.45. The van der Waals surface area contributed by atoms with Crippen LogP contribution in [0, 0.1) is 0 Å². The SMILES string of the molecule is O=C(c1ccc(-c2ccccc2)cc1)N(Cc1cccnc1)c1nc2cc3c(cc2s1)OCO3. The van der Waals surface area contributed by atoms with Crippen LogP contribution in [0.5, 0.6) is 11.5 Å². The molecular formula is C27H19N3O3S. The number of anilines is 1. The molecule has 0 unspecified atom stereocenters. The molecule has 5 aromatic rings. The fourth-order valence-corrected chi connectivity index (χ4v) is 4.89. The molecule has 7 heteroatoms. The Morgan fingerprint density at radius 2 is 1.68 bits per heavy atom. The van der Waals surface area contributed by atoms with Gasteiger partial charge in [-0.15, -0.1) is 0 Å². The van der Waals surface area contributed by atoms with Crippen molar-refractivity contribution >= 4 is 32.6 Å². The first-order valence-corrected chi connectivity index (χ1v) is 11.6. The third-order valence-electron chi connectivity index (χ3n) is 5.65. The van der Waals surface area contributed by atoms with Crippen molar-refractivity contribution in [3.8, 4) is 22.6 Å². The number of pyridine rings is 1. The van der Waals surface area contributed by atoms with Gasteiger partial charge in [0.2, 0.25) is 6.79 Å². The molecule has 3 heterocycles. The minimum absolute atomic E-state index is 0.123. The van der Waals surface area contributed by atoms with Crippen molar-refractivity contribution in [2.24, 2.45) is 0 Å². The van der Waals surface area contributed by atoms with Crippen LogP contribution < -0.4 is 14.4 Å². The van der Waals surface area contributed by atoms with Gasteiger partial charge >= 0.3 is 0 Å². The van der Waals surface area contributed by atoms with Crippen LogP contribution in [-0.4, -0.2) is 22.7 Å². The van der Waals surface area contributed by atoms with E-state index in [9.17, 15) is 4.79 Å². The number of amides is 1. The van der Waals surface area contributed by atoms with Gasteiger partial charge in [-0.25, -0.2) is 4.98 Å². The molecule has 0 fully saturated rings. The molecule has 0 saturated heterocycles. The summed E-state index contributed by atoms with van der Waals surface area (Å²) in [6, 6.07) is 25.4. The highest BCUT2D eigenvalue weighted by Crippen LogP contribution is 2.40. The summed E-state index contributed by atoms with van der Waals surface area (Å²) in [5, 5.41) is 0.611. The minimum Gasteiger partial charge on any atom is -0.454 e. The van der Waals surface area contributed by atoms with E-state index in [1.165, 1.54) is 11.3 Å². The lowest BCUT2D eigenvalue weighted by atomic mass is 10.0. The smallest absolute Gasteiger partial charge is 0.260 e. The fraction of sp³-hybridized carbons (Fsp3) is 0.0741. The molecule has 0 radical (unpaired) electrons. The number of nitrogens with zero attached hydrogens (tertiary/aromatic N) is 3. The zero-order valence-electron chi connectivity index (χ0n) is 18.0. The second-order valence-electron chi connectivity index (χ2n) is 7.87. The van der Waals surface area contributed by atoms with E-state index < -0.39 is 0 Å². The van der Waals surface area contributed by atoms with Gasteiger partial charge < -0.3 is 9.47 Å². The molecule has 1 amide bonds. The third-order valence-corrected chi connectivity index (χ3v) is 6.69. The minimum atomic E-state index is -0.123. The Bertz CT molecular complexity index is 1430. The van der Waals surface area contributed by atoms with E-state index in [2.05, 4.69) is 17.1 Å². The van der Waals surface area contributed by atoms with E-state index in [4.69, 9.17) is 14.5 Å². The van der Waals surface area contributed by atoms with E-state index in [0.717, 1.165) is 26.9 Å². The summed E-state index contributed by atoms with van der Waals surface area (Å²) < 4.78 is 11.9. The van der Waals surface area contributed by atoms with Crippen molar-refractivity contribution < 1.29 is 14.3 Å². The molecule has 1 aliphatic rings. The molecule has 6 rings (SSSR count). The Morgan fingerprint density at radius 3 is 2.44 bits per heavy atom. The van der Waals surface area contributed by atoms with Crippen molar-refractivity contribution in [2.75, 3.05) is 11.7 Å². The van der Waals surface area contributed by atoms with Crippen molar-refractivity contribution in [3.63, 3.8) is 0 Å². The maximum atomic E-state index is 13.7. The first kappa shape index (κ1) is 20.4. The molecule has 0 saturated carbocycles. The quantitative estimate of drug-likeness (QED) is 0.322. The maximum Gasteiger partial charge on any atom is 0.260 e. The van der Waals surface area contributed by atoms with Gasteiger partial charge in [0.1, 0.15) is 0 Å². The van der Waals surface area contributed by atoms with Crippen LogP contribution in [0.25, 0.3) is 21.3 Å². The molecule has 166 valence electrons. The molecule has 0 spiro atoms. The number of carbonyl (C=O) groups excluding carboxylic acids is 1. The predicted octanol–water partition coefficient (Wildman–Crippen LogP) is 5.93. The summed E-state index contributed by atoms with van der Waals surface area (Å²) in [4.78, 5) is 24.4. The van der Waals surface area contributed by atoms with Crippen LogP contribution in [0.2, 0.25) is 0 Å². The molecule has 0 atom stereocenters. The summed E-state index contributed by atoms with van der Waals surface area (Å²) in [6.45, 7) is 0.573. The largest absolute Gasteiger partial charge is 0.454 e. The van der Waals surface area contributed by atoms with E-state index in [-0.39, 0.29) is 12.7 Å². The number of aromatic nitrogens is 2. The second kappa shape index (κ2) is 8.61. The first-order valence-electron chi connectivity index (χ1n) is 10.8. The molecule has 1 aliphatic heterocycles. The maximum absolute atomic E-state index is 13.7. The van der Waals surface area contributed by atoms with Gasteiger partial charge in [0.15, 0.2) is 16.6 Å².